The monoisotopic (exact) mass is 388 g/mol. The van der Waals surface area contributed by atoms with Crippen LogP contribution in [-0.2, 0) is 11.3 Å². The molecule has 3 rings (SSSR count). The number of aromatic nitrogens is 2. The molecule has 0 radical (unpaired) electrons. The number of carbonyl (C=O) groups excluding carboxylic acids is 2. The van der Waals surface area contributed by atoms with E-state index in [9.17, 15) is 9.59 Å². The third kappa shape index (κ3) is 4.97. The number of carbonyl (C=O) groups is 2. The van der Waals surface area contributed by atoms with E-state index in [1.165, 1.54) is 11.3 Å². The highest BCUT2D eigenvalue weighted by Crippen LogP contribution is 2.20. The van der Waals surface area contributed by atoms with Crippen molar-refractivity contribution in [2.24, 2.45) is 11.8 Å². The Labute approximate surface area is 164 Å². The van der Waals surface area contributed by atoms with E-state index >= 15 is 0 Å². The summed E-state index contributed by atoms with van der Waals surface area (Å²) in [5.74, 6) is 0.266. The SMILES string of the molecule is Cc1cc(C)n(C[C@@H](C)CNC(=O)[C@H]2CCCN(C(=O)c3cccs3)C2)n1. The standard InChI is InChI=1S/C20H28N4O2S/c1-14(12-24-16(3)10-15(2)22-24)11-21-19(25)17-6-4-8-23(13-17)20(26)18-7-5-9-27-18/h5,7,9-10,14,17H,4,6,8,11-13H2,1-3H3,(H,21,25)/t14-,17-/m0/s1. The van der Waals surface area contributed by atoms with Gasteiger partial charge in [0.2, 0.25) is 5.91 Å². The molecule has 1 fully saturated rings. The number of likely N-dealkylation sites (tertiary alicyclic amines) is 1. The van der Waals surface area contributed by atoms with Crippen LogP contribution in [0.25, 0.3) is 0 Å². The second-order valence-corrected chi connectivity index (χ2v) is 8.47. The minimum Gasteiger partial charge on any atom is -0.355 e. The van der Waals surface area contributed by atoms with Gasteiger partial charge in [0.15, 0.2) is 0 Å². The highest BCUT2D eigenvalue weighted by molar-refractivity contribution is 7.12. The second kappa shape index (κ2) is 8.69. The summed E-state index contributed by atoms with van der Waals surface area (Å²) in [5.41, 5.74) is 2.15. The van der Waals surface area contributed by atoms with Crippen LogP contribution >= 0.6 is 11.3 Å². The Balaban J connectivity index is 1.48. The molecule has 2 aromatic heterocycles. The van der Waals surface area contributed by atoms with Crippen LogP contribution in [0.1, 0.15) is 40.8 Å². The fourth-order valence-corrected chi connectivity index (χ4v) is 4.26. The molecule has 2 aromatic rings. The smallest absolute Gasteiger partial charge is 0.263 e. The molecule has 146 valence electrons. The number of hydrogen-bond donors (Lipinski definition) is 1. The van der Waals surface area contributed by atoms with Gasteiger partial charge in [0.25, 0.3) is 5.91 Å². The summed E-state index contributed by atoms with van der Waals surface area (Å²) in [4.78, 5) is 27.7. The van der Waals surface area contributed by atoms with Crippen molar-refractivity contribution in [1.29, 1.82) is 0 Å². The number of nitrogens with zero attached hydrogens (tertiary/aromatic N) is 3. The first-order chi connectivity index (χ1) is 12.9. The highest BCUT2D eigenvalue weighted by Gasteiger charge is 2.29. The van der Waals surface area contributed by atoms with Crippen molar-refractivity contribution in [1.82, 2.24) is 20.0 Å². The molecule has 27 heavy (non-hydrogen) atoms. The van der Waals surface area contributed by atoms with Gasteiger partial charge < -0.3 is 10.2 Å². The van der Waals surface area contributed by atoms with E-state index in [4.69, 9.17) is 0 Å². The third-order valence-corrected chi connectivity index (χ3v) is 5.88. The quantitative estimate of drug-likeness (QED) is 0.827. The number of rotatable bonds is 6. The molecule has 0 spiro atoms. The summed E-state index contributed by atoms with van der Waals surface area (Å²) in [6.45, 7) is 8.79. The summed E-state index contributed by atoms with van der Waals surface area (Å²) < 4.78 is 1.99. The van der Waals surface area contributed by atoms with Crippen LogP contribution in [0, 0.1) is 25.7 Å². The first kappa shape index (κ1) is 19.6. The molecule has 7 heteroatoms. The molecule has 6 nitrogen and oxygen atoms in total. The second-order valence-electron chi connectivity index (χ2n) is 7.53. The number of piperidine rings is 1. The molecule has 0 bridgehead atoms. The van der Waals surface area contributed by atoms with Crippen molar-refractivity contribution in [2.45, 2.75) is 40.2 Å². The molecule has 0 aromatic carbocycles. The van der Waals surface area contributed by atoms with Crippen LogP contribution in [0.4, 0.5) is 0 Å². The molecule has 2 atom stereocenters. The van der Waals surface area contributed by atoms with E-state index in [2.05, 4.69) is 23.4 Å². The minimum absolute atomic E-state index is 0.0420. The number of hydrogen-bond acceptors (Lipinski definition) is 4. The summed E-state index contributed by atoms with van der Waals surface area (Å²) in [7, 11) is 0. The Kier molecular flexibility index (Phi) is 6.31. The Morgan fingerprint density at radius 3 is 2.89 bits per heavy atom. The highest BCUT2D eigenvalue weighted by atomic mass is 32.1. The van der Waals surface area contributed by atoms with Gasteiger partial charge in [0.1, 0.15) is 0 Å². The fraction of sp³-hybridized carbons (Fsp3) is 0.550. The van der Waals surface area contributed by atoms with Gasteiger partial charge in [-0.15, -0.1) is 11.3 Å². The molecule has 1 N–H and O–H groups in total. The maximum atomic E-state index is 12.6. The van der Waals surface area contributed by atoms with E-state index in [0.29, 0.717) is 19.0 Å². The van der Waals surface area contributed by atoms with Crippen LogP contribution in [0.2, 0.25) is 0 Å². The van der Waals surface area contributed by atoms with Crippen LogP contribution < -0.4 is 5.32 Å². The number of amides is 2. The fourth-order valence-electron chi connectivity index (χ4n) is 3.57. The van der Waals surface area contributed by atoms with Crippen LogP contribution in [-0.4, -0.2) is 46.1 Å². The Hall–Kier alpha value is -2.15. The Bertz CT molecular complexity index is 784. The van der Waals surface area contributed by atoms with Crippen LogP contribution in [0.5, 0.6) is 0 Å². The lowest BCUT2D eigenvalue weighted by Gasteiger charge is -2.32. The maximum absolute atomic E-state index is 12.6. The van der Waals surface area contributed by atoms with E-state index in [1.54, 1.807) is 0 Å². The predicted octanol–water partition coefficient (Wildman–Crippen LogP) is 2.87. The van der Waals surface area contributed by atoms with Gasteiger partial charge >= 0.3 is 0 Å². The van der Waals surface area contributed by atoms with Crippen molar-refractivity contribution in [3.63, 3.8) is 0 Å². The molecule has 0 unspecified atom stereocenters. The zero-order valence-electron chi connectivity index (χ0n) is 16.3. The van der Waals surface area contributed by atoms with Crippen molar-refractivity contribution >= 4 is 23.2 Å². The zero-order chi connectivity index (χ0) is 19.4. The zero-order valence-corrected chi connectivity index (χ0v) is 17.1. The average Bonchev–Trinajstić information content (AvgIpc) is 3.29. The van der Waals surface area contributed by atoms with E-state index in [1.807, 2.05) is 40.9 Å². The summed E-state index contributed by atoms with van der Waals surface area (Å²) >= 11 is 1.45. The first-order valence-corrected chi connectivity index (χ1v) is 10.4. The molecular weight excluding hydrogens is 360 g/mol. The van der Waals surface area contributed by atoms with Gasteiger partial charge in [-0.2, -0.15) is 5.10 Å². The first-order valence-electron chi connectivity index (χ1n) is 9.55. The molecule has 2 amide bonds. The normalized spacial score (nSPS) is 18.3. The largest absolute Gasteiger partial charge is 0.355 e. The third-order valence-electron chi connectivity index (χ3n) is 5.02. The van der Waals surface area contributed by atoms with Crippen molar-refractivity contribution in [3.05, 3.63) is 39.8 Å². The molecule has 1 aliphatic rings. The number of aryl methyl sites for hydroxylation is 2. The summed E-state index contributed by atoms with van der Waals surface area (Å²) in [6.07, 6.45) is 1.71. The van der Waals surface area contributed by atoms with Gasteiger partial charge in [-0.05, 0) is 50.1 Å². The average molecular weight is 389 g/mol. The van der Waals surface area contributed by atoms with E-state index in [0.717, 1.165) is 42.2 Å². The van der Waals surface area contributed by atoms with Crippen molar-refractivity contribution in [2.75, 3.05) is 19.6 Å². The number of thiophene rings is 1. The molecule has 1 aliphatic heterocycles. The van der Waals surface area contributed by atoms with Gasteiger partial charge in [-0.1, -0.05) is 13.0 Å². The summed E-state index contributed by atoms with van der Waals surface area (Å²) in [6, 6.07) is 5.79. The maximum Gasteiger partial charge on any atom is 0.263 e. The lowest BCUT2D eigenvalue weighted by Crippen LogP contribution is -2.46. The van der Waals surface area contributed by atoms with Gasteiger partial charge in [0, 0.05) is 31.9 Å². The van der Waals surface area contributed by atoms with Gasteiger partial charge in [-0.3, -0.25) is 14.3 Å². The van der Waals surface area contributed by atoms with E-state index in [-0.39, 0.29) is 17.7 Å². The van der Waals surface area contributed by atoms with Gasteiger partial charge in [0.05, 0.1) is 16.5 Å². The molecule has 0 saturated carbocycles. The Morgan fingerprint density at radius 1 is 1.41 bits per heavy atom. The predicted molar refractivity (Wildman–Crippen MR) is 107 cm³/mol. The lowest BCUT2D eigenvalue weighted by molar-refractivity contribution is -0.126. The Morgan fingerprint density at radius 2 is 2.22 bits per heavy atom. The molecular formula is C20H28N4O2S. The minimum atomic E-state index is -0.122. The summed E-state index contributed by atoms with van der Waals surface area (Å²) in [5, 5.41) is 9.47. The van der Waals surface area contributed by atoms with E-state index < -0.39 is 0 Å². The number of nitrogens with one attached hydrogen (secondary N) is 1. The molecule has 0 aliphatic carbocycles. The van der Waals surface area contributed by atoms with Gasteiger partial charge in [-0.25, -0.2) is 0 Å². The molecule has 3 heterocycles. The topological polar surface area (TPSA) is 67.2 Å². The van der Waals surface area contributed by atoms with Crippen LogP contribution in [0.15, 0.2) is 23.6 Å². The van der Waals surface area contributed by atoms with Crippen LogP contribution in [0.3, 0.4) is 0 Å². The lowest BCUT2D eigenvalue weighted by atomic mass is 9.96. The van der Waals surface area contributed by atoms with Crippen molar-refractivity contribution in [3.8, 4) is 0 Å². The van der Waals surface area contributed by atoms with Crippen molar-refractivity contribution < 1.29 is 9.59 Å². The molecule has 1 saturated heterocycles.